The molecule has 0 heterocycles. The average molecular weight is 267 g/mol. The van der Waals surface area contributed by atoms with Crippen LogP contribution in [0.15, 0.2) is 24.3 Å². The Hall–Kier alpha value is -1.91. The topological polar surface area (TPSA) is 66.4 Å². The van der Waals surface area contributed by atoms with E-state index in [9.17, 15) is 14.0 Å². The molecule has 1 rings (SSSR count). The molecule has 2 N–H and O–H groups in total. The van der Waals surface area contributed by atoms with Crippen LogP contribution < -0.4 is 5.32 Å². The van der Waals surface area contributed by atoms with E-state index in [-0.39, 0.29) is 17.8 Å². The van der Waals surface area contributed by atoms with Crippen molar-refractivity contribution < 1.29 is 19.1 Å². The SMILES string of the molecule is CC(C)(C)[C@H](CC(=O)c1cccc(F)c1)NC(=O)O. The molecule has 1 amide bonds. The molecular formula is C14H18FNO3. The summed E-state index contributed by atoms with van der Waals surface area (Å²) in [6.45, 7) is 5.52. The minimum absolute atomic E-state index is 0.000741. The largest absolute Gasteiger partial charge is 0.465 e. The van der Waals surface area contributed by atoms with Crippen molar-refractivity contribution in [2.24, 2.45) is 5.41 Å². The van der Waals surface area contributed by atoms with Crippen LogP contribution >= 0.6 is 0 Å². The molecule has 0 bridgehead atoms. The summed E-state index contributed by atoms with van der Waals surface area (Å²) in [6, 6.07) is 4.86. The Bertz CT molecular complexity index is 480. The van der Waals surface area contributed by atoms with Crippen molar-refractivity contribution in [3.8, 4) is 0 Å². The molecule has 4 nitrogen and oxygen atoms in total. The molecule has 1 aromatic rings. The highest BCUT2D eigenvalue weighted by molar-refractivity contribution is 5.96. The van der Waals surface area contributed by atoms with E-state index in [2.05, 4.69) is 5.32 Å². The number of Topliss-reactive ketones (excluding diaryl/α,β-unsaturated/α-hetero) is 1. The highest BCUT2D eigenvalue weighted by Gasteiger charge is 2.28. The van der Waals surface area contributed by atoms with Gasteiger partial charge in [-0.3, -0.25) is 4.79 Å². The molecule has 0 aliphatic carbocycles. The molecule has 0 unspecified atom stereocenters. The lowest BCUT2D eigenvalue weighted by Gasteiger charge is -2.30. The number of hydrogen-bond acceptors (Lipinski definition) is 2. The van der Waals surface area contributed by atoms with Gasteiger partial charge in [0.15, 0.2) is 5.78 Å². The Morgan fingerprint density at radius 1 is 1.37 bits per heavy atom. The van der Waals surface area contributed by atoms with Gasteiger partial charge in [-0.25, -0.2) is 9.18 Å². The third-order valence-electron chi connectivity index (χ3n) is 2.88. The molecule has 0 saturated carbocycles. The Labute approximate surface area is 111 Å². The summed E-state index contributed by atoms with van der Waals surface area (Å²) in [5, 5.41) is 11.1. The Morgan fingerprint density at radius 3 is 2.47 bits per heavy atom. The summed E-state index contributed by atoms with van der Waals surface area (Å²) in [5.74, 6) is -0.766. The molecule has 0 aliphatic heterocycles. The molecule has 0 radical (unpaired) electrons. The van der Waals surface area contributed by atoms with Crippen LogP contribution in [0.5, 0.6) is 0 Å². The zero-order chi connectivity index (χ0) is 14.6. The monoisotopic (exact) mass is 267 g/mol. The van der Waals surface area contributed by atoms with E-state index in [4.69, 9.17) is 5.11 Å². The average Bonchev–Trinajstić information content (AvgIpc) is 2.26. The van der Waals surface area contributed by atoms with Crippen LogP contribution in [0, 0.1) is 11.2 Å². The fraction of sp³-hybridized carbons (Fsp3) is 0.429. The van der Waals surface area contributed by atoms with Gasteiger partial charge in [-0.15, -0.1) is 0 Å². The fourth-order valence-corrected chi connectivity index (χ4v) is 1.69. The van der Waals surface area contributed by atoms with Crippen LogP contribution in [0.1, 0.15) is 37.6 Å². The van der Waals surface area contributed by atoms with E-state index in [1.54, 1.807) is 0 Å². The van der Waals surface area contributed by atoms with Gasteiger partial charge in [0.05, 0.1) is 0 Å². The van der Waals surface area contributed by atoms with Crippen LogP contribution in [-0.2, 0) is 0 Å². The Kier molecular flexibility index (Phi) is 4.64. The lowest BCUT2D eigenvalue weighted by atomic mass is 9.83. The second-order valence-corrected chi connectivity index (χ2v) is 5.51. The molecule has 0 aromatic heterocycles. The third-order valence-corrected chi connectivity index (χ3v) is 2.88. The lowest BCUT2D eigenvalue weighted by molar-refractivity contribution is 0.0937. The molecule has 0 fully saturated rings. The number of benzene rings is 1. The number of carbonyl (C=O) groups excluding carboxylic acids is 1. The van der Waals surface area contributed by atoms with Gasteiger partial charge in [-0.1, -0.05) is 32.9 Å². The normalized spacial score (nSPS) is 12.8. The molecule has 104 valence electrons. The number of hydrogen-bond donors (Lipinski definition) is 2. The van der Waals surface area contributed by atoms with Crippen LogP contribution in [0.25, 0.3) is 0 Å². The molecule has 0 spiro atoms. The first-order valence-electron chi connectivity index (χ1n) is 5.98. The maximum absolute atomic E-state index is 13.0. The van der Waals surface area contributed by atoms with Gasteiger partial charge in [-0.05, 0) is 17.5 Å². The van der Waals surface area contributed by atoms with Gasteiger partial charge in [0.1, 0.15) is 5.82 Å². The van der Waals surface area contributed by atoms with E-state index in [1.807, 2.05) is 20.8 Å². The summed E-state index contributed by atoms with van der Waals surface area (Å²) in [6.07, 6.45) is -1.17. The fourth-order valence-electron chi connectivity index (χ4n) is 1.69. The molecule has 1 aromatic carbocycles. The second kappa shape index (κ2) is 5.82. The number of rotatable bonds is 4. The Balaban J connectivity index is 2.85. The summed E-state index contributed by atoms with van der Waals surface area (Å²) >= 11 is 0. The van der Waals surface area contributed by atoms with Crippen molar-refractivity contribution in [3.05, 3.63) is 35.6 Å². The van der Waals surface area contributed by atoms with Gasteiger partial charge in [0.2, 0.25) is 0 Å². The van der Waals surface area contributed by atoms with Crippen molar-refractivity contribution in [2.45, 2.75) is 33.2 Å². The smallest absolute Gasteiger partial charge is 0.404 e. The van der Waals surface area contributed by atoms with E-state index in [0.29, 0.717) is 0 Å². The van der Waals surface area contributed by atoms with E-state index >= 15 is 0 Å². The quantitative estimate of drug-likeness (QED) is 0.824. The molecule has 0 aliphatic rings. The van der Waals surface area contributed by atoms with Gasteiger partial charge in [0, 0.05) is 18.0 Å². The number of nitrogens with one attached hydrogen (secondary N) is 1. The molecule has 0 saturated heterocycles. The molecule has 5 heteroatoms. The highest BCUT2D eigenvalue weighted by atomic mass is 19.1. The summed E-state index contributed by atoms with van der Waals surface area (Å²) in [5.41, 5.74) is -0.150. The minimum Gasteiger partial charge on any atom is -0.465 e. The first kappa shape index (κ1) is 15.1. The highest BCUT2D eigenvalue weighted by Crippen LogP contribution is 2.23. The van der Waals surface area contributed by atoms with E-state index < -0.39 is 23.4 Å². The zero-order valence-corrected chi connectivity index (χ0v) is 11.2. The first-order valence-corrected chi connectivity index (χ1v) is 5.98. The van der Waals surface area contributed by atoms with Crippen molar-refractivity contribution >= 4 is 11.9 Å². The number of ketones is 1. The van der Waals surface area contributed by atoms with Gasteiger partial charge < -0.3 is 10.4 Å². The van der Waals surface area contributed by atoms with Gasteiger partial charge in [0.25, 0.3) is 0 Å². The van der Waals surface area contributed by atoms with Gasteiger partial charge in [-0.2, -0.15) is 0 Å². The van der Waals surface area contributed by atoms with E-state index in [0.717, 1.165) is 6.07 Å². The maximum Gasteiger partial charge on any atom is 0.404 e. The first-order chi connectivity index (χ1) is 8.70. The summed E-state index contributed by atoms with van der Waals surface area (Å²) in [4.78, 5) is 22.8. The third kappa shape index (κ3) is 4.69. The van der Waals surface area contributed by atoms with Crippen molar-refractivity contribution in [1.29, 1.82) is 0 Å². The van der Waals surface area contributed by atoms with Gasteiger partial charge >= 0.3 is 6.09 Å². The van der Waals surface area contributed by atoms with Crippen molar-refractivity contribution in [1.82, 2.24) is 5.32 Å². The van der Waals surface area contributed by atoms with Crippen LogP contribution in [0.2, 0.25) is 0 Å². The van der Waals surface area contributed by atoms with E-state index in [1.165, 1.54) is 18.2 Å². The predicted molar refractivity (Wildman–Crippen MR) is 69.8 cm³/mol. The molecular weight excluding hydrogens is 249 g/mol. The standard InChI is InChI=1S/C14H18FNO3/c1-14(2,3)12(16-13(18)19)8-11(17)9-5-4-6-10(15)7-9/h4-7,12,16H,8H2,1-3H3,(H,18,19)/t12-/m0/s1. The molecule has 1 atom stereocenters. The number of halogens is 1. The van der Waals surface area contributed by atoms with Crippen LogP contribution in [-0.4, -0.2) is 23.0 Å². The number of carboxylic acid groups (broad SMARTS) is 1. The minimum atomic E-state index is -1.17. The number of amides is 1. The summed E-state index contributed by atoms with van der Waals surface area (Å²) < 4.78 is 13.0. The van der Waals surface area contributed by atoms with Crippen molar-refractivity contribution in [2.75, 3.05) is 0 Å². The van der Waals surface area contributed by atoms with Crippen LogP contribution in [0.4, 0.5) is 9.18 Å². The number of carbonyl (C=O) groups is 2. The predicted octanol–water partition coefficient (Wildman–Crippen LogP) is 3.08. The lowest BCUT2D eigenvalue weighted by Crippen LogP contribution is -2.44. The zero-order valence-electron chi connectivity index (χ0n) is 11.2. The second-order valence-electron chi connectivity index (χ2n) is 5.51. The molecule has 19 heavy (non-hydrogen) atoms. The maximum atomic E-state index is 13.0. The Morgan fingerprint density at radius 2 is 2.00 bits per heavy atom. The van der Waals surface area contributed by atoms with Crippen molar-refractivity contribution in [3.63, 3.8) is 0 Å². The summed E-state index contributed by atoms with van der Waals surface area (Å²) in [7, 11) is 0. The van der Waals surface area contributed by atoms with Crippen LogP contribution in [0.3, 0.4) is 0 Å².